The lowest BCUT2D eigenvalue weighted by Crippen LogP contribution is -2.17. The second kappa shape index (κ2) is 6.48. The number of carbonyl (C=O) groups excluding carboxylic acids is 1. The van der Waals surface area contributed by atoms with Crippen LogP contribution in [0.3, 0.4) is 0 Å². The molecular formula is C16H15BrN2O. The first kappa shape index (κ1) is 14.5. The summed E-state index contributed by atoms with van der Waals surface area (Å²) in [6, 6.07) is 13.3. The highest BCUT2D eigenvalue weighted by atomic mass is 79.9. The molecule has 1 amide bonds. The Morgan fingerprint density at radius 1 is 1.15 bits per heavy atom. The van der Waals surface area contributed by atoms with Gasteiger partial charge in [-0.3, -0.25) is 4.79 Å². The van der Waals surface area contributed by atoms with Crippen LogP contribution in [0.2, 0.25) is 0 Å². The van der Waals surface area contributed by atoms with Crippen molar-refractivity contribution in [1.82, 2.24) is 5.43 Å². The number of hydrazone groups is 1. The predicted octanol–water partition coefficient (Wildman–Crippen LogP) is 3.83. The Bertz CT molecular complexity index is 665. The molecule has 0 aromatic heterocycles. The lowest BCUT2D eigenvalue weighted by atomic mass is 10.1. The van der Waals surface area contributed by atoms with E-state index in [-0.39, 0.29) is 5.91 Å². The zero-order valence-electron chi connectivity index (χ0n) is 11.4. The fourth-order valence-electron chi connectivity index (χ4n) is 1.70. The summed E-state index contributed by atoms with van der Waals surface area (Å²) in [5, 5.41) is 3.97. The standard InChI is InChI=1S/C16H15BrN2O/c1-11-6-7-14(8-12(11)2)16(20)19-18-10-13-4-3-5-15(17)9-13/h3-10H,1-2H3,(H,19,20)/b18-10+. The molecule has 4 heteroatoms. The minimum absolute atomic E-state index is 0.209. The average molecular weight is 331 g/mol. The van der Waals surface area contributed by atoms with Gasteiger partial charge in [0.2, 0.25) is 0 Å². The van der Waals surface area contributed by atoms with Gasteiger partial charge in [0, 0.05) is 10.0 Å². The van der Waals surface area contributed by atoms with E-state index in [9.17, 15) is 4.79 Å². The van der Waals surface area contributed by atoms with E-state index < -0.39 is 0 Å². The van der Waals surface area contributed by atoms with Crippen LogP contribution < -0.4 is 5.43 Å². The van der Waals surface area contributed by atoms with E-state index in [1.165, 1.54) is 5.56 Å². The number of carbonyl (C=O) groups is 1. The van der Waals surface area contributed by atoms with Crippen LogP contribution in [0, 0.1) is 13.8 Å². The molecule has 0 atom stereocenters. The van der Waals surface area contributed by atoms with Crippen molar-refractivity contribution in [3.05, 3.63) is 69.2 Å². The Balaban J connectivity index is 2.03. The summed E-state index contributed by atoms with van der Waals surface area (Å²) in [5.41, 5.74) is 6.31. The molecule has 0 heterocycles. The van der Waals surface area contributed by atoms with Gasteiger partial charge in [0.25, 0.3) is 5.91 Å². The number of hydrogen-bond acceptors (Lipinski definition) is 2. The summed E-state index contributed by atoms with van der Waals surface area (Å²) in [7, 11) is 0. The highest BCUT2D eigenvalue weighted by Crippen LogP contribution is 2.11. The normalized spacial score (nSPS) is 10.8. The van der Waals surface area contributed by atoms with Gasteiger partial charge in [0.15, 0.2) is 0 Å². The highest BCUT2D eigenvalue weighted by molar-refractivity contribution is 9.10. The Kier molecular flexibility index (Phi) is 4.69. The molecule has 0 radical (unpaired) electrons. The summed E-state index contributed by atoms with van der Waals surface area (Å²) in [6.45, 7) is 4.00. The van der Waals surface area contributed by atoms with Crippen molar-refractivity contribution in [2.45, 2.75) is 13.8 Å². The number of nitrogens with zero attached hydrogens (tertiary/aromatic N) is 1. The zero-order chi connectivity index (χ0) is 14.5. The lowest BCUT2D eigenvalue weighted by molar-refractivity contribution is 0.0955. The largest absolute Gasteiger partial charge is 0.271 e. The molecule has 1 N–H and O–H groups in total. The van der Waals surface area contributed by atoms with E-state index >= 15 is 0 Å². The summed E-state index contributed by atoms with van der Waals surface area (Å²) >= 11 is 3.39. The Labute approximate surface area is 126 Å². The van der Waals surface area contributed by atoms with Crippen molar-refractivity contribution in [2.75, 3.05) is 0 Å². The number of benzene rings is 2. The van der Waals surface area contributed by atoms with Gasteiger partial charge in [-0.25, -0.2) is 5.43 Å². The minimum atomic E-state index is -0.209. The van der Waals surface area contributed by atoms with E-state index in [4.69, 9.17) is 0 Å². The van der Waals surface area contributed by atoms with Gasteiger partial charge in [0.05, 0.1) is 6.21 Å². The molecule has 2 aromatic carbocycles. The summed E-state index contributed by atoms with van der Waals surface area (Å²) < 4.78 is 0.974. The van der Waals surface area contributed by atoms with Gasteiger partial charge in [-0.1, -0.05) is 34.1 Å². The maximum absolute atomic E-state index is 11.9. The third-order valence-corrected chi connectivity index (χ3v) is 3.49. The molecule has 2 aromatic rings. The minimum Gasteiger partial charge on any atom is -0.267 e. The molecule has 3 nitrogen and oxygen atoms in total. The molecule has 0 saturated heterocycles. The fourth-order valence-corrected chi connectivity index (χ4v) is 2.12. The van der Waals surface area contributed by atoms with Crippen molar-refractivity contribution < 1.29 is 4.79 Å². The molecule has 0 aliphatic carbocycles. The van der Waals surface area contributed by atoms with Crippen molar-refractivity contribution in [2.24, 2.45) is 5.10 Å². The van der Waals surface area contributed by atoms with Crippen molar-refractivity contribution in [3.63, 3.8) is 0 Å². The highest BCUT2D eigenvalue weighted by Gasteiger charge is 2.04. The van der Waals surface area contributed by atoms with Crippen molar-refractivity contribution in [1.29, 1.82) is 0 Å². The summed E-state index contributed by atoms with van der Waals surface area (Å²) in [6.07, 6.45) is 1.61. The van der Waals surface area contributed by atoms with Crippen LogP contribution in [0.5, 0.6) is 0 Å². The van der Waals surface area contributed by atoms with Crippen LogP contribution >= 0.6 is 15.9 Å². The van der Waals surface area contributed by atoms with Crippen LogP contribution in [-0.4, -0.2) is 12.1 Å². The molecule has 0 unspecified atom stereocenters. The number of rotatable bonds is 3. The number of hydrogen-bond donors (Lipinski definition) is 1. The van der Waals surface area contributed by atoms with Gasteiger partial charge >= 0.3 is 0 Å². The first-order valence-corrected chi connectivity index (χ1v) is 7.02. The number of nitrogens with one attached hydrogen (secondary N) is 1. The molecule has 102 valence electrons. The smallest absolute Gasteiger partial charge is 0.267 e. The van der Waals surface area contributed by atoms with Crippen LogP contribution in [0.4, 0.5) is 0 Å². The number of aryl methyl sites for hydroxylation is 2. The van der Waals surface area contributed by atoms with Crippen LogP contribution in [-0.2, 0) is 0 Å². The van der Waals surface area contributed by atoms with Gasteiger partial charge in [0.1, 0.15) is 0 Å². The second-order valence-corrected chi connectivity index (χ2v) is 5.47. The second-order valence-electron chi connectivity index (χ2n) is 4.55. The Morgan fingerprint density at radius 3 is 2.65 bits per heavy atom. The first-order valence-electron chi connectivity index (χ1n) is 6.22. The van der Waals surface area contributed by atoms with E-state index in [2.05, 4.69) is 26.5 Å². The van der Waals surface area contributed by atoms with Gasteiger partial charge < -0.3 is 0 Å². The molecule has 0 bridgehead atoms. The van der Waals surface area contributed by atoms with Crippen LogP contribution in [0.15, 0.2) is 52.0 Å². The summed E-state index contributed by atoms with van der Waals surface area (Å²) in [4.78, 5) is 11.9. The molecule has 0 aliphatic heterocycles. The van der Waals surface area contributed by atoms with Crippen molar-refractivity contribution >= 4 is 28.1 Å². The van der Waals surface area contributed by atoms with Crippen LogP contribution in [0.25, 0.3) is 0 Å². The monoisotopic (exact) mass is 330 g/mol. The Morgan fingerprint density at radius 2 is 1.95 bits per heavy atom. The molecule has 20 heavy (non-hydrogen) atoms. The molecule has 0 spiro atoms. The zero-order valence-corrected chi connectivity index (χ0v) is 12.9. The first-order chi connectivity index (χ1) is 9.56. The fraction of sp³-hybridized carbons (Fsp3) is 0.125. The van der Waals surface area contributed by atoms with E-state index in [0.29, 0.717) is 5.56 Å². The number of amides is 1. The average Bonchev–Trinajstić information content (AvgIpc) is 2.42. The third kappa shape index (κ3) is 3.78. The van der Waals surface area contributed by atoms with Crippen molar-refractivity contribution in [3.8, 4) is 0 Å². The maximum Gasteiger partial charge on any atom is 0.271 e. The molecule has 0 saturated carbocycles. The predicted molar refractivity (Wildman–Crippen MR) is 85.1 cm³/mol. The Hall–Kier alpha value is -1.94. The topological polar surface area (TPSA) is 41.5 Å². The van der Waals surface area contributed by atoms with E-state index in [1.807, 2.05) is 50.2 Å². The molecule has 2 rings (SSSR count). The molecular weight excluding hydrogens is 316 g/mol. The summed E-state index contributed by atoms with van der Waals surface area (Å²) in [5.74, 6) is -0.209. The van der Waals surface area contributed by atoms with Crippen LogP contribution in [0.1, 0.15) is 27.0 Å². The maximum atomic E-state index is 11.9. The molecule has 0 fully saturated rings. The lowest BCUT2D eigenvalue weighted by Gasteiger charge is -2.03. The van der Waals surface area contributed by atoms with E-state index in [0.717, 1.165) is 15.6 Å². The SMILES string of the molecule is Cc1ccc(C(=O)N/N=C/c2cccc(Br)c2)cc1C. The van der Waals surface area contributed by atoms with E-state index in [1.54, 1.807) is 12.3 Å². The third-order valence-electron chi connectivity index (χ3n) is 3.00. The molecule has 0 aliphatic rings. The van der Waals surface area contributed by atoms with Gasteiger partial charge in [-0.05, 0) is 54.8 Å². The van der Waals surface area contributed by atoms with Gasteiger partial charge in [-0.15, -0.1) is 0 Å². The number of halogens is 1. The van der Waals surface area contributed by atoms with Gasteiger partial charge in [-0.2, -0.15) is 5.10 Å². The quantitative estimate of drug-likeness (QED) is 0.674.